The third-order valence-electron chi connectivity index (χ3n) is 1.28. The summed E-state index contributed by atoms with van der Waals surface area (Å²) in [6, 6.07) is 10.5. The van der Waals surface area contributed by atoms with Crippen LogP contribution in [0.2, 0.25) is 0 Å². The fourth-order valence-electron chi connectivity index (χ4n) is 0.850. The maximum absolute atomic E-state index is 2.16. The zero-order chi connectivity index (χ0) is 6.53. The van der Waals surface area contributed by atoms with Crippen molar-refractivity contribution in [2.75, 3.05) is 0 Å². The summed E-state index contributed by atoms with van der Waals surface area (Å²) in [4.78, 5) is 0. The van der Waals surface area contributed by atoms with Gasteiger partial charge in [-0.15, -0.1) is 0 Å². The molecule has 0 aliphatic rings. The topological polar surface area (TPSA) is 0 Å². The van der Waals surface area contributed by atoms with Crippen LogP contribution in [0.1, 0.15) is 12.5 Å². The molecule has 0 amide bonds. The normalized spacial score (nSPS) is 8.50. The van der Waals surface area contributed by atoms with Crippen molar-refractivity contribution >= 4 is 0 Å². The third-order valence-corrected chi connectivity index (χ3v) is 1.28. The molecule has 1 rings (SSSR count). The molecule has 0 aliphatic carbocycles. The third kappa shape index (κ3) is 3.10. The monoisotopic (exact) mass is 126 g/mol. The fourth-order valence-corrected chi connectivity index (χ4v) is 0.850. The molecule has 0 saturated heterocycles. The molecule has 0 spiro atoms. The van der Waals surface area contributed by atoms with Crippen molar-refractivity contribution < 1.29 is 18.9 Å². The Morgan fingerprint density at radius 1 is 1.20 bits per heavy atom. The van der Waals surface area contributed by atoms with Crippen LogP contribution < -0.4 is 18.9 Å². The maximum atomic E-state index is 2.16. The summed E-state index contributed by atoms with van der Waals surface area (Å²) in [5.41, 5.74) is 1.39. The van der Waals surface area contributed by atoms with Gasteiger partial charge in [-0.1, -0.05) is 35.9 Å². The van der Waals surface area contributed by atoms with Gasteiger partial charge in [0.1, 0.15) is 0 Å². The molecule has 0 heterocycles. The van der Waals surface area contributed by atoms with Crippen molar-refractivity contribution in [1.82, 2.24) is 0 Å². The molecule has 0 aromatic heterocycles. The van der Waals surface area contributed by atoms with E-state index in [0.29, 0.717) is 0 Å². The molecule has 0 atom stereocenters. The molecule has 0 nitrogen and oxygen atoms in total. The van der Waals surface area contributed by atoms with Crippen LogP contribution in [0.4, 0.5) is 0 Å². The quantitative estimate of drug-likeness (QED) is 0.368. The first kappa shape index (κ1) is 9.82. The van der Waals surface area contributed by atoms with Gasteiger partial charge in [0.15, 0.2) is 0 Å². The maximum Gasteiger partial charge on any atom is 1.00 e. The van der Waals surface area contributed by atoms with Crippen molar-refractivity contribution in [2.24, 2.45) is 0 Å². The fraction of sp³-hybridized carbons (Fsp3) is 0.222. The zero-order valence-corrected chi connectivity index (χ0v) is 6.67. The Labute approximate surface area is 74.8 Å². The van der Waals surface area contributed by atoms with Gasteiger partial charge in [-0.2, -0.15) is 13.3 Å². The van der Waals surface area contributed by atoms with E-state index in [-0.39, 0.29) is 18.9 Å². The predicted octanol–water partition coefficient (Wildman–Crippen LogP) is -0.543. The van der Waals surface area contributed by atoms with Gasteiger partial charge in [-0.25, -0.2) is 0 Å². The second-order valence-corrected chi connectivity index (χ2v) is 2.10. The summed E-state index contributed by atoms with van der Waals surface area (Å²) in [7, 11) is 0. The van der Waals surface area contributed by atoms with E-state index >= 15 is 0 Å². The molecule has 0 aliphatic heterocycles. The second kappa shape index (κ2) is 5.59. The summed E-state index contributed by atoms with van der Waals surface area (Å²) in [5.74, 6) is 0. The first-order chi connectivity index (χ1) is 4.43. The molecular formula is C9H11Li. The van der Waals surface area contributed by atoms with Crippen molar-refractivity contribution in [3.63, 3.8) is 0 Å². The Morgan fingerprint density at radius 3 is 2.30 bits per heavy atom. The van der Waals surface area contributed by atoms with Gasteiger partial charge >= 0.3 is 18.9 Å². The largest absolute Gasteiger partial charge is 1.00 e. The average molecular weight is 126 g/mol. The van der Waals surface area contributed by atoms with E-state index in [0.717, 1.165) is 6.42 Å². The SMILES string of the molecule is C[CH-]Cc1ccccc1.[Li+]. The van der Waals surface area contributed by atoms with Crippen molar-refractivity contribution in [3.8, 4) is 0 Å². The van der Waals surface area contributed by atoms with Gasteiger partial charge < -0.3 is 6.42 Å². The van der Waals surface area contributed by atoms with E-state index in [4.69, 9.17) is 0 Å². The summed E-state index contributed by atoms with van der Waals surface area (Å²) in [6.45, 7) is 2.08. The van der Waals surface area contributed by atoms with Crippen LogP contribution >= 0.6 is 0 Å². The summed E-state index contributed by atoms with van der Waals surface area (Å²) in [6.07, 6.45) is 3.25. The average Bonchev–Trinajstić information content (AvgIpc) is 1.91. The van der Waals surface area contributed by atoms with Crippen LogP contribution in [0.15, 0.2) is 30.3 Å². The van der Waals surface area contributed by atoms with Gasteiger partial charge in [-0.05, 0) is 0 Å². The number of hydrogen-bond donors (Lipinski definition) is 0. The Kier molecular flexibility index (Phi) is 5.49. The van der Waals surface area contributed by atoms with E-state index in [1.165, 1.54) is 5.56 Å². The van der Waals surface area contributed by atoms with Gasteiger partial charge in [0, 0.05) is 0 Å². The molecule has 0 bridgehead atoms. The van der Waals surface area contributed by atoms with Crippen LogP contribution in [0, 0.1) is 6.42 Å². The molecule has 10 heavy (non-hydrogen) atoms. The van der Waals surface area contributed by atoms with Gasteiger partial charge in [-0.3, -0.25) is 0 Å². The van der Waals surface area contributed by atoms with Crippen molar-refractivity contribution in [1.29, 1.82) is 0 Å². The standard InChI is InChI=1S/C9H11.Li/c1-2-6-9-7-4-3-5-8-9;/h2-5,7-8H,6H2,1H3;/q-1;+1. The van der Waals surface area contributed by atoms with Crippen LogP contribution in [0.25, 0.3) is 0 Å². The molecule has 1 aromatic rings. The van der Waals surface area contributed by atoms with Crippen molar-refractivity contribution in [2.45, 2.75) is 13.3 Å². The summed E-state index contributed by atoms with van der Waals surface area (Å²) in [5, 5.41) is 0. The van der Waals surface area contributed by atoms with Crippen LogP contribution in [0.5, 0.6) is 0 Å². The van der Waals surface area contributed by atoms with Gasteiger partial charge in [0.2, 0.25) is 0 Å². The van der Waals surface area contributed by atoms with E-state index < -0.39 is 0 Å². The van der Waals surface area contributed by atoms with E-state index in [9.17, 15) is 0 Å². The van der Waals surface area contributed by atoms with E-state index in [2.05, 4.69) is 37.6 Å². The summed E-state index contributed by atoms with van der Waals surface area (Å²) < 4.78 is 0. The molecule has 48 valence electrons. The van der Waals surface area contributed by atoms with Crippen LogP contribution in [-0.2, 0) is 6.42 Å². The summed E-state index contributed by atoms with van der Waals surface area (Å²) >= 11 is 0. The minimum Gasteiger partial charge on any atom is -0.327 e. The Morgan fingerprint density at radius 2 is 1.80 bits per heavy atom. The first-order valence-electron chi connectivity index (χ1n) is 3.25. The van der Waals surface area contributed by atoms with Crippen LogP contribution in [0.3, 0.4) is 0 Å². The van der Waals surface area contributed by atoms with Crippen LogP contribution in [-0.4, -0.2) is 0 Å². The molecule has 1 heteroatoms. The molecular weight excluding hydrogens is 115 g/mol. The molecule has 0 fully saturated rings. The number of benzene rings is 1. The minimum atomic E-state index is 0. The second-order valence-electron chi connectivity index (χ2n) is 2.10. The molecule has 0 unspecified atom stereocenters. The van der Waals surface area contributed by atoms with Gasteiger partial charge in [0.25, 0.3) is 0 Å². The Hall–Kier alpha value is -0.183. The molecule has 0 radical (unpaired) electrons. The smallest absolute Gasteiger partial charge is 0.327 e. The molecule has 0 N–H and O–H groups in total. The minimum absolute atomic E-state index is 0. The predicted molar refractivity (Wildman–Crippen MR) is 40.1 cm³/mol. The van der Waals surface area contributed by atoms with Crippen molar-refractivity contribution in [3.05, 3.63) is 42.3 Å². The Bertz CT molecular complexity index is 158. The van der Waals surface area contributed by atoms with E-state index in [1.54, 1.807) is 0 Å². The molecule has 1 aromatic carbocycles. The zero-order valence-electron chi connectivity index (χ0n) is 6.67. The number of hydrogen-bond acceptors (Lipinski definition) is 0. The van der Waals surface area contributed by atoms with Gasteiger partial charge in [0.05, 0.1) is 0 Å². The number of rotatable bonds is 2. The molecule has 0 saturated carbocycles. The Balaban J connectivity index is 0.000000810. The van der Waals surface area contributed by atoms with E-state index in [1.807, 2.05) is 6.07 Å². The first-order valence-corrected chi connectivity index (χ1v) is 3.25.